The molecule has 0 aliphatic carbocycles. The first-order valence-corrected chi connectivity index (χ1v) is 7.15. The molecule has 1 aliphatic rings. The summed E-state index contributed by atoms with van der Waals surface area (Å²) in [5, 5.41) is 1.91. The molecule has 2 aromatic rings. The Morgan fingerprint density at radius 2 is 1.94 bits per heavy atom. The van der Waals surface area contributed by atoms with Gasteiger partial charge in [0.25, 0.3) is 0 Å². The van der Waals surface area contributed by atoms with E-state index in [-0.39, 0.29) is 12.5 Å². The summed E-state index contributed by atoms with van der Waals surface area (Å²) in [5.74, 6) is 0. The van der Waals surface area contributed by atoms with E-state index in [0.717, 1.165) is 28.4 Å². The van der Waals surface area contributed by atoms with Gasteiger partial charge in [-0.15, -0.1) is 11.3 Å². The van der Waals surface area contributed by atoms with Gasteiger partial charge in [0.1, 0.15) is 0 Å². The highest BCUT2D eigenvalue weighted by atomic mass is 35.5. The van der Waals surface area contributed by atoms with Crippen molar-refractivity contribution in [2.24, 2.45) is 5.41 Å². The number of halogens is 1. The van der Waals surface area contributed by atoms with Crippen molar-refractivity contribution in [2.45, 2.75) is 13.8 Å². The van der Waals surface area contributed by atoms with Crippen LogP contribution in [0.5, 0.6) is 0 Å². The van der Waals surface area contributed by atoms with Gasteiger partial charge in [-0.05, 0) is 29.7 Å². The van der Waals surface area contributed by atoms with Gasteiger partial charge in [0.15, 0.2) is 0 Å². The highest BCUT2D eigenvalue weighted by molar-refractivity contribution is 7.28. The fourth-order valence-corrected chi connectivity index (χ4v) is 3.23. The molecule has 0 bridgehead atoms. The van der Waals surface area contributed by atoms with Crippen molar-refractivity contribution in [2.75, 3.05) is 13.2 Å². The van der Waals surface area contributed by atoms with E-state index in [2.05, 4.69) is 19.9 Å². The molecule has 0 radical (unpaired) electrons. The van der Waals surface area contributed by atoms with Crippen LogP contribution in [0.4, 0.5) is 0 Å². The maximum atomic E-state index is 5.99. The SMILES string of the molecule is CC1(C)COB(c2cc3cc(Cl)ccc3s2)OC1. The molecular weight excluding hydrogens is 266 g/mol. The van der Waals surface area contributed by atoms with Crippen molar-refractivity contribution in [1.82, 2.24) is 0 Å². The summed E-state index contributed by atoms with van der Waals surface area (Å²) in [7, 11) is -0.228. The number of benzene rings is 1. The lowest BCUT2D eigenvalue weighted by Crippen LogP contribution is -2.46. The predicted octanol–water partition coefficient (Wildman–Crippen LogP) is 3.32. The summed E-state index contributed by atoms with van der Waals surface area (Å²) in [5.41, 5.74) is 0.108. The van der Waals surface area contributed by atoms with Gasteiger partial charge in [0.2, 0.25) is 0 Å². The number of hydrogen-bond donors (Lipinski definition) is 0. The van der Waals surface area contributed by atoms with Gasteiger partial charge >= 0.3 is 7.12 Å². The number of rotatable bonds is 1. The molecule has 2 nitrogen and oxygen atoms in total. The summed E-state index contributed by atoms with van der Waals surface area (Å²) in [6.07, 6.45) is 0. The molecule has 2 heterocycles. The van der Waals surface area contributed by atoms with Crippen LogP contribution in [-0.2, 0) is 9.31 Å². The van der Waals surface area contributed by atoms with Crippen molar-refractivity contribution in [3.63, 3.8) is 0 Å². The van der Waals surface area contributed by atoms with Crippen LogP contribution in [0.3, 0.4) is 0 Å². The molecule has 3 rings (SSSR count). The number of hydrogen-bond acceptors (Lipinski definition) is 3. The Morgan fingerprint density at radius 1 is 1.22 bits per heavy atom. The summed E-state index contributed by atoms with van der Waals surface area (Å²) >= 11 is 7.70. The Labute approximate surface area is 116 Å². The summed E-state index contributed by atoms with van der Waals surface area (Å²) in [6, 6.07) is 8.03. The number of thiophene rings is 1. The Balaban J connectivity index is 1.87. The van der Waals surface area contributed by atoms with Crippen molar-refractivity contribution in [3.8, 4) is 0 Å². The van der Waals surface area contributed by atoms with Crippen LogP contribution in [0.15, 0.2) is 24.3 Å². The normalized spacial score (nSPS) is 19.4. The van der Waals surface area contributed by atoms with E-state index in [1.807, 2.05) is 18.2 Å². The molecule has 1 aromatic heterocycles. The molecule has 0 atom stereocenters. The lowest BCUT2D eigenvalue weighted by Gasteiger charge is -2.32. The van der Waals surface area contributed by atoms with Gasteiger partial charge in [-0.1, -0.05) is 25.4 Å². The smallest absolute Gasteiger partial charge is 0.406 e. The van der Waals surface area contributed by atoms with Gasteiger partial charge in [-0.25, -0.2) is 0 Å². The van der Waals surface area contributed by atoms with Crippen LogP contribution >= 0.6 is 22.9 Å². The van der Waals surface area contributed by atoms with E-state index >= 15 is 0 Å². The predicted molar refractivity (Wildman–Crippen MR) is 77.9 cm³/mol. The topological polar surface area (TPSA) is 18.5 Å². The third kappa shape index (κ3) is 2.43. The Hall–Kier alpha value is -0.545. The molecule has 0 saturated carbocycles. The van der Waals surface area contributed by atoms with Gasteiger partial charge in [0.05, 0.1) is 0 Å². The van der Waals surface area contributed by atoms with E-state index in [0.29, 0.717) is 0 Å². The first kappa shape index (κ1) is 12.5. The van der Waals surface area contributed by atoms with Crippen LogP contribution in [0.2, 0.25) is 5.02 Å². The summed E-state index contributed by atoms with van der Waals surface area (Å²) < 4.78 is 13.9. The number of fused-ring (bicyclic) bond motifs is 1. The zero-order valence-corrected chi connectivity index (χ0v) is 12.0. The van der Waals surface area contributed by atoms with Crippen LogP contribution in [-0.4, -0.2) is 20.3 Å². The molecule has 0 N–H and O–H groups in total. The second-order valence-corrected chi connectivity index (χ2v) is 7.00. The maximum absolute atomic E-state index is 5.99. The van der Waals surface area contributed by atoms with Crippen molar-refractivity contribution in [3.05, 3.63) is 29.3 Å². The lowest BCUT2D eigenvalue weighted by molar-refractivity contribution is 0.0346. The second kappa shape index (κ2) is 4.53. The highest BCUT2D eigenvalue weighted by Crippen LogP contribution is 2.26. The van der Waals surface area contributed by atoms with Crippen LogP contribution in [0, 0.1) is 5.41 Å². The van der Waals surface area contributed by atoms with E-state index in [4.69, 9.17) is 20.9 Å². The van der Waals surface area contributed by atoms with E-state index in [1.165, 1.54) is 4.70 Å². The first-order valence-electron chi connectivity index (χ1n) is 5.96. The molecular formula is C13H14BClO2S. The molecule has 5 heteroatoms. The van der Waals surface area contributed by atoms with Crippen LogP contribution in [0.1, 0.15) is 13.8 Å². The largest absolute Gasteiger partial charge is 0.504 e. The third-order valence-electron chi connectivity index (χ3n) is 2.98. The molecule has 0 spiro atoms. The van der Waals surface area contributed by atoms with Crippen molar-refractivity contribution < 1.29 is 9.31 Å². The molecule has 1 fully saturated rings. The highest BCUT2D eigenvalue weighted by Gasteiger charge is 2.34. The second-order valence-electron chi connectivity index (χ2n) is 5.45. The van der Waals surface area contributed by atoms with E-state index in [9.17, 15) is 0 Å². The zero-order valence-electron chi connectivity index (χ0n) is 10.4. The Bertz CT molecular complexity index is 571. The van der Waals surface area contributed by atoms with E-state index < -0.39 is 0 Å². The van der Waals surface area contributed by atoms with Crippen molar-refractivity contribution in [1.29, 1.82) is 0 Å². The van der Waals surface area contributed by atoms with Crippen molar-refractivity contribution >= 4 is 44.9 Å². The van der Waals surface area contributed by atoms with Gasteiger partial charge in [-0.2, -0.15) is 0 Å². The van der Waals surface area contributed by atoms with E-state index in [1.54, 1.807) is 11.3 Å². The zero-order chi connectivity index (χ0) is 12.8. The lowest BCUT2D eigenvalue weighted by atomic mass is 9.82. The molecule has 0 amide bonds. The minimum absolute atomic E-state index is 0.108. The molecule has 94 valence electrons. The standard InChI is InChI=1S/C13H14BClO2S/c1-13(2)7-16-14(17-8-13)12-6-9-5-10(15)3-4-11(9)18-12/h3-6H,7-8H2,1-2H3. The average Bonchev–Trinajstić information content (AvgIpc) is 2.71. The molecule has 18 heavy (non-hydrogen) atoms. The molecule has 1 aromatic carbocycles. The fourth-order valence-electron chi connectivity index (χ4n) is 2.01. The molecule has 1 aliphatic heterocycles. The maximum Gasteiger partial charge on any atom is 0.504 e. The van der Waals surface area contributed by atoms with Crippen LogP contribution in [0.25, 0.3) is 10.1 Å². The Kier molecular flexibility index (Phi) is 3.14. The van der Waals surface area contributed by atoms with Gasteiger partial charge < -0.3 is 9.31 Å². The summed E-state index contributed by atoms with van der Waals surface area (Å²) in [6.45, 7) is 5.75. The summed E-state index contributed by atoms with van der Waals surface area (Å²) in [4.78, 5) is 0. The minimum atomic E-state index is -0.228. The Morgan fingerprint density at radius 3 is 2.67 bits per heavy atom. The minimum Gasteiger partial charge on any atom is -0.406 e. The first-order chi connectivity index (χ1) is 8.53. The monoisotopic (exact) mass is 280 g/mol. The fraction of sp³-hybridized carbons (Fsp3) is 0.385. The molecule has 1 saturated heterocycles. The average molecular weight is 281 g/mol. The van der Waals surface area contributed by atoms with Gasteiger partial charge in [-0.3, -0.25) is 0 Å². The van der Waals surface area contributed by atoms with Crippen LogP contribution < -0.4 is 4.78 Å². The molecule has 0 unspecified atom stereocenters. The van der Waals surface area contributed by atoms with Gasteiger partial charge in [0, 0.05) is 33.1 Å². The quantitative estimate of drug-likeness (QED) is 0.746. The third-order valence-corrected chi connectivity index (χ3v) is 4.35.